The first-order chi connectivity index (χ1) is 9.53. The molecule has 1 atom stereocenters. The fourth-order valence-electron chi connectivity index (χ4n) is 1.58. The van der Waals surface area contributed by atoms with Gasteiger partial charge in [0.15, 0.2) is 5.03 Å². The molecule has 7 nitrogen and oxygen atoms in total. The lowest BCUT2D eigenvalue weighted by Gasteiger charge is -2.15. The van der Waals surface area contributed by atoms with E-state index in [1.54, 1.807) is 12.1 Å². The highest BCUT2D eigenvalue weighted by Crippen LogP contribution is 2.24. The molecule has 9 heteroatoms. The monoisotopic (exact) mass is 315 g/mol. The van der Waals surface area contributed by atoms with Gasteiger partial charge >= 0.3 is 5.97 Å². The molecule has 0 radical (unpaired) electrons. The molecule has 2 N–H and O–H groups in total. The van der Waals surface area contributed by atoms with Crippen molar-refractivity contribution in [2.45, 2.75) is 17.5 Å². The molecule has 0 saturated heterocycles. The van der Waals surface area contributed by atoms with Crippen molar-refractivity contribution < 1.29 is 17.9 Å². The molecular formula is C11H13N3O4S2. The number of H-pyrrole nitrogens is 1. The Kier molecular flexibility index (Phi) is 4.53. The number of aromatic amines is 1. The summed E-state index contributed by atoms with van der Waals surface area (Å²) in [7, 11) is -2.50. The van der Waals surface area contributed by atoms with Crippen molar-refractivity contribution in [2.75, 3.05) is 7.11 Å². The molecule has 0 aliphatic heterocycles. The first-order valence-electron chi connectivity index (χ1n) is 5.65. The average Bonchev–Trinajstić information content (AvgIpc) is 3.10. The second-order valence-electron chi connectivity index (χ2n) is 3.89. The fraction of sp³-hybridized carbons (Fsp3) is 0.273. The van der Waals surface area contributed by atoms with Gasteiger partial charge in [0.1, 0.15) is 0 Å². The van der Waals surface area contributed by atoms with E-state index in [1.807, 2.05) is 5.38 Å². The lowest BCUT2D eigenvalue weighted by Crippen LogP contribution is -2.30. The van der Waals surface area contributed by atoms with Gasteiger partial charge in [-0.25, -0.2) is 13.1 Å². The molecular weight excluding hydrogens is 302 g/mol. The number of esters is 1. The topological polar surface area (TPSA) is 101 Å². The summed E-state index contributed by atoms with van der Waals surface area (Å²) >= 11 is 1.36. The quantitative estimate of drug-likeness (QED) is 0.776. The molecule has 2 rings (SSSR count). The van der Waals surface area contributed by atoms with Crippen LogP contribution in [0.15, 0.2) is 34.8 Å². The lowest BCUT2D eigenvalue weighted by atomic mass is 10.2. The smallest absolute Gasteiger partial charge is 0.307 e. The number of sulfonamides is 1. The molecule has 2 heterocycles. The van der Waals surface area contributed by atoms with Crippen molar-refractivity contribution in [2.24, 2.45) is 0 Å². The van der Waals surface area contributed by atoms with E-state index in [0.717, 1.165) is 4.88 Å². The zero-order valence-corrected chi connectivity index (χ0v) is 12.2. The van der Waals surface area contributed by atoms with Crippen molar-refractivity contribution in [3.63, 3.8) is 0 Å². The van der Waals surface area contributed by atoms with E-state index in [9.17, 15) is 13.2 Å². The Morgan fingerprint density at radius 2 is 2.35 bits per heavy atom. The van der Waals surface area contributed by atoms with E-state index in [-0.39, 0.29) is 11.4 Å². The van der Waals surface area contributed by atoms with Crippen LogP contribution < -0.4 is 4.72 Å². The van der Waals surface area contributed by atoms with Crippen molar-refractivity contribution in [1.82, 2.24) is 14.9 Å². The molecule has 2 aromatic rings. The van der Waals surface area contributed by atoms with E-state index in [0.29, 0.717) is 0 Å². The van der Waals surface area contributed by atoms with E-state index in [4.69, 9.17) is 0 Å². The maximum atomic E-state index is 12.1. The maximum absolute atomic E-state index is 12.1. The Labute approximate surface area is 120 Å². The number of thiophene rings is 1. The summed E-state index contributed by atoms with van der Waals surface area (Å²) in [5.74, 6) is -0.490. The zero-order chi connectivity index (χ0) is 14.6. The van der Waals surface area contributed by atoms with Crippen LogP contribution in [0.1, 0.15) is 17.3 Å². The van der Waals surface area contributed by atoms with Gasteiger partial charge in [-0.05, 0) is 17.5 Å². The minimum Gasteiger partial charge on any atom is -0.469 e. The van der Waals surface area contributed by atoms with Gasteiger partial charge in [0.2, 0.25) is 0 Å². The number of ether oxygens (including phenoxy) is 1. The van der Waals surface area contributed by atoms with Crippen LogP contribution in [-0.2, 0) is 19.6 Å². The van der Waals surface area contributed by atoms with Gasteiger partial charge < -0.3 is 4.74 Å². The highest BCUT2D eigenvalue weighted by atomic mass is 32.2. The van der Waals surface area contributed by atoms with Crippen LogP contribution in [0.25, 0.3) is 0 Å². The first-order valence-corrected chi connectivity index (χ1v) is 8.01. The second-order valence-corrected chi connectivity index (χ2v) is 6.55. The van der Waals surface area contributed by atoms with Crippen LogP contribution in [0.5, 0.6) is 0 Å². The molecule has 0 fully saturated rings. The summed E-state index contributed by atoms with van der Waals surface area (Å²) in [6, 6.07) is 4.21. The normalized spacial score (nSPS) is 13.1. The Morgan fingerprint density at radius 3 is 2.90 bits per heavy atom. The summed E-state index contributed by atoms with van der Waals surface area (Å²) in [5, 5.41) is 7.74. The first kappa shape index (κ1) is 14.7. The third kappa shape index (κ3) is 3.44. The fourth-order valence-corrected chi connectivity index (χ4v) is 3.56. The number of nitrogens with zero attached hydrogens (tertiary/aromatic N) is 1. The number of carbonyl (C=O) groups excluding carboxylic acids is 1. The number of rotatable bonds is 6. The van der Waals surface area contributed by atoms with Crippen LogP contribution in [0.4, 0.5) is 0 Å². The average molecular weight is 315 g/mol. The number of nitrogens with one attached hydrogen (secondary N) is 2. The van der Waals surface area contributed by atoms with Gasteiger partial charge in [-0.15, -0.1) is 11.3 Å². The molecule has 20 heavy (non-hydrogen) atoms. The summed E-state index contributed by atoms with van der Waals surface area (Å²) < 4.78 is 31.3. The zero-order valence-electron chi connectivity index (χ0n) is 10.6. The van der Waals surface area contributed by atoms with Gasteiger partial charge in [0.05, 0.1) is 25.8 Å². The molecule has 0 aliphatic rings. The molecule has 108 valence electrons. The summed E-state index contributed by atoms with van der Waals surface area (Å²) in [5.41, 5.74) is 0. The largest absolute Gasteiger partial charge is 0.469 e. The van der Waals surface area contributed by atoms with Gasteiger partial charge in [-0.1, -0.05) is 6.07 Å². The predicted octanol–water partition coefficient (Wildman–Crippen LogP) is 1.05. The molecule has 0 bridgehead atoms. The van der Waals surface area contributed by atoms with Crippen LogP contribution >= 0.6 is 11.3 Å². The Balaban J connectivity index is 2.22. The third-order valence-corrected chi connectivity index (χ3v) is 4.93. The Hall–Kier alpha value is -1.71. The predicted molar refractivity (Wildman–Crippen MR) is 72.6 cm³/mol. The van der Waals surface area contributed by atoms with Gasteiger partial charge in [0, 0.05) is 4.88 Å². The number of hydrogen-bond acceptors (Lipinski definition) is 6. The van der Waals surface area contributed by atoms with Crippen molar-refractivity contribution in [3.8, 4) is 0 Å². The van der Waals surface area contributed by atoms with Crippen LogP contribution in [0.3, 0.4) is 0 Å². The second kappa shape index (κ2) is 6.16. The molecule has 1 unspecified atom stereocenters. The molecule has 2 aromatic heterocycles. The number of aromatic nitrogens is 2. The van der Waals surface area contributed by atoms with E-state index >= 15 is 0 Å². The standard InChI is InChI=1S/C11H13N3O4S2/c1-18-11(15)7-8(9-3-2-6-19-9)14-20(16,17)10-4-5-12-13-10/h2-6,8,14H,7H2,1H3,(H,12,13). The van der Waals surface area contributed by atoms with Crippen molar-refractivity contribution >= 4 is 27.3 Å². The highest BCUT2D eigenvalue weighted by Gasteiger charge is 2.25. The maximum Gasteiger partial charge on any atom is 0.307 e. The van der Waals surface area contributed by atoms with Gasteiger partial charge in [-0.2, -0.15) is 5.10 Å². The molecule has 0 aliphatic carbocycles. The van der Waals surface area contributed by atoms with Gasteiger partial charge in [0.25, 0.3) is 10.0 Å². The van der Waals surface area contributed by atoms with E-state index in [2.05, 4.69) is 19.7 Å². The minimum atomic E-state index is -3.77. The van der Waals surface area contributed by atoms with E-state index < -0.39 is 22.0 Å². The van der Waals surface area contributed by atoms with E-state index in [1.165, 1.54) is 30.7 Å². The van der Waals surface area contributed by atoms with Crippen LogP contribution in [0, 0.1) is 0 Å². The summed E-state index contributed by atoms with van der Waals surface area (Å²) in [4.78, 5) is 12.2. The van der Waals surface area contributed by atoms with Gasteiger partial charge in [-0.3, -0.25) is 9.89 Å². The lowest BCUT2D eigenvalue weighted by molar-refractivity contribution is -0.141. The molecule has 0 aromatic carbocycles. The summed E-state index contributed by atoms with van der Waals surface area (Å²) in [6.45, 7) is 0. The highest BCUT2D eigenvalue weighted by molar-refractivity contribution is 7.89. The van der Waals surface area contributed by atoms with Crippen molar-refractivity contribution in [1.29, 1.82) is 0 Å². The minimum absolute atomic E-state index is 0.0519. The third-order valence-electron chi connectivity index (χ3n) is 2.55. The molecule has 0 saturated carbocycles. The molecule has 0 spiro atoms. The Bertz CT molecular complexity index is 650. The SMILES string of the molecule is COC(=O)CC(NS(=O)(=O)c1ccn[nH]1)c1cccs1. The van der Waals surface area contributed by atoms with Crippen LogP contribution in [-0.4, -0.2) is 31.7 Å². The number of carbonyl (C=O) groups is 1. The Morgan fingerprint density at radius 1 is 1.55 bits per heavy atom. The number of hydrogen-bond donors (Lipinski definition) is 2. The van der Waals surface area contributed by atoms with Crippen molar-refractivity contribution in [3.05, 3.63) is 34.7 Å². The number of methoxy groups -OCH3 is 1. The summed E-state index contributed by atoms with van der Waals surface area (Å²) in [6.07, 6.45) is 1.26. The van der Waals surface area contributed by atoms with Crippen LogP contribution in [0.2, 0.25) is 0 Å². The molecule has 0 amide bonds.